The Labute approximate surface area is 263 Å². The van der Waals surface area contributed by atoms with E-state index in [-0.39, 0.29) is 47.7 Å². The Morgan fingerprint density at radius 1 is 0.543 bits per heavy atom. The number of hydrogen-bond donors (Lipinski definition) is 8. The minimum atomic E-state index is -0.848. The van der Waals surface area contributed by atoms with Crippen LogP contribution in [0.4, 0.5) is 0 Å². The molecule has 0 fully saturated rings. The quantitative estimate of drug-likeness (QED) is 0.0563. The fraction of sp³-hybridized carbons (Fsp3) is 0.235. The summed E-state index contributed by atoms with van der Waals surface area (Å²) in [6, 6.07) is 17.1. The summed E-state index contributed by atoms with van der Waals surface area (Å²) in [6.07, 6.45) is 1.73. The molecule has 12 nitrogen and oxygen atoms in total. The Kier molecular flexibility index (Phi) is 10.7. The number of ether oxygens (including phenoxy) is 2. The maximum Gasteiger partial charge on any atom is 0.338 e. The second kappa shape index (κ2) is 14.8. The summed E-state index contributed by atoms with van der Waals surface area (Å²) in [7, 11) is 0. The summed E-state index contributed by atoms with van der Waals surface area (Å²) in [6.45, 7) is -0.137. The molecule has 242 valence electrons. The van der Waals surface area contributed by atoms with Crippen LogP contribution in [0.3, 0.4) is 0 Å². The van der Waals surface area contributed by atoms with Crippen molar-refractivity contribution in [2.75, 3.05) is 13.2 Å². The van der Waals surface area contributed by atoms with E-state index < -0.39 is 46.4 Å². The molecule has 0 unspecified atom stereocenters. The van der Waals surface area contributed by atoms with E-state index in [2.05, 4.69) is 0 Å². The molecule has 0 aliphatic heterocycles. The maximum atomic E-state index is 12.9. The van der Waals surface area contributed by atoms with E-state index in [9.17, 15) is 50.4 Å². The summed E-state index contributed by atoms with van der Waals surface area (Å²) in [4.78, 5) is 25.5. The molecule has 2 atom stereocenters. The SMILES string of the molecule is O=C(OCCC[C@H](Cc1ccc(O)cc1)[C@H](COC(=O)c1cc(O)c(O)c(O)c1)Cc1ccc(O)cc1)c1cc(O)c(O)c(O)c1. The van der Waals surface area contributed by atoms with Gasteiger partial charge in [0.15, 0.2) is 34.5 Å². The van der Waals surface area contributed by atoms with Crippen molar-refractivity contribution in [3.05, 3.63) is 95.1 Å². The zero-order valence-corrected chi connectivity index (χ0v) is 24.5. The van der Waals surface area contributed by atoms with Crippen LogP contribution >= 0.6 is 0 Å². The third-order valence-corrected chi connectivity index (χ3v) is 7.53. The molecule has 46 heavy (non-hydrogen) atoms. The van der Waals surface area contributed by atoms with E-state index in [4.69, 9.17) is 9.47 Å². The van der Waals surface area contributed by atoms with Gasteiger partial charge in [-0.2, -0.15) is 0 Å². The first-order valence-corrected chi connectivity index (χ1v) is 14.3. The van der Waals surface area contributed by atoms with Gasteiger partial charge in [-0.05, 0) is 91.3 Å². The number of hydrogen-bond acceptors (Lipinski definition) is 12. The Balaban J connectivity index is 1.53. The van der Waals surface area contributed by atoms with Gasteiger partial charge in [0.25, 0.3) is 0 Å². The van der Waals surface area contributed by atoms with Gasteiger partial charge in [0.1, 0.15) is 11.5 Å². The molecule has 0 aliphatic carbocycles. The van der Waals surface area contributed by atoms with Gasteiger partial charge in [0.2, 0.25) is 0 Å². The first-order valence-electron chi connectivity index (χ1n) is 14.3. The second-order valence-electron chi connectivity index (χ2n) is 10.9. The standard InChI is InChI=1S/C34H34O12/c35-25-7-3-19(4-8-25)12-21(2-1-11-45-33(43)22-14-27(37)31(41)28(38)15-22)24(13-20-5-9-26(36)10-6-20)18-46-34(44)23-16-29(39)32(42)30(40)17-23/h3-10,14-17,21,24,35-42H,1-2,11-13,18H2/t21-,24+/m1/s1. The molecule has 0 spiro atoms. The minimum Gasteiger partial charge on any atom is -0.508 e. The molecular formula is C34H34O12. The van der Waals surface area contributed by atoms with Gasteiger partial charge in [-0.1, -0.05) is 24.3 Å². The summed E-state index contributed by atoms with van der Waals surface area (Å²) >= 11 is 0. The number of carbonyl (C=O) groups excluding carboxylic acids is 2. The minimum absolute atomic E-state index is 0.0366. The first-order chi connectivity index (χ1) is 21.9. The molecule has 8 N–H and O–H groups in total. The van der Waals surface area contributed by atoms with Crippen molar-refractivity contribution in [3.8, 4) is 46.0 Å². The number of phenolic OH excluding ortho intramolecular Hbond substituents is 8. The van der Waals surface area contributed by atoms with Crippen LogP contribution in [0.15, 0.2) is 72.8 Å². The predicted molar refractivity (Wildman–Crippen MR) is 163 cm³/mol. The van der Waals surface area contributed by atoms with Crippen LogP contribution in [0.1, 0.15) is 44.7 Å². The largest absolute Gasteiger partial charge is 0.508 e. The van der Waals surface area contributed by atoms with Crippen LogP contribution in [-0.2, 0) is 22.3 Å². The lowest BCUT2D eigenvalue weighted by Gasteiger charge is -2.28. The van der Waals surface area contributed by atoms with Crippen LogP contribution in [-0.4, -0.2) is 66.0 Å². The fourth-order valence-corrected chi connectivity index (χ4v) is 5.04. The Morgan fingerprint density at radius 2 is 0.935 bits per heavy atom. The summed E-state index contributed by atoms with van der Waals surface area (Å²) in [5.41, 5.74) is 1.39. The van der Waals surface area contributed by atoms with E-state index in [0.29, 0.717) is 25.7 Å². The van der Waals surface area contributed by atoms with Crippen LogP contribution in [0.25, 0.3) is 0 Å². The molecule has 4 aromatic carbocycles. The zero-order valence-electron chi connectivity index (χ0n) is 24.5. The lowest BCUT2D eigenvalue weighted by atomic mass is 9.80. The van der Waals surface area contributed by atoms with Gasteiger partial charge in [-0.3, -0.25) is 0 Å². The topological polar surface area (TPSA) is 214 Å². The molecule has 0 saturated carbocycles. The lowest BCUT2D eigenvalue weighted by Crippen LogP contribution is -2.26. The van der Waals surface area contributed by atoms with Crippen molar-refractivity contribution in [2.24, 2.45) is 11.8 Å². The maximum absolute atomic E-state index is 12.9. The molecule has 0 radical (unpaired) electrons. The molecule has 4 aromatic rings. The van der Waals surface area contributed by atoms with Crippen molar-refractivity contribution in [1.82, 2.24) is 0 Å². The third kappa shape index (κ3) is 8.65. The number of carbonyl (C=O) groups is 2. The van der Waals surface area contributed by atoms with Crippen LogP contribution in [0.5, 0.6) is 46.0 Å². The van der Waals surface area contributed by atoms with Crippen LogP contribution in [0.2, 0.25) is 0 Å². The number of aromatic hydroxyl groups is 8. The Hall–Kier alpha value is -5.78. The van der Waals surface area contributed by atoms with Crippen molar-refractivity contribution >= 4 is 11.9 Å². The number of esters is 2. The van der Waals surface area contributed by atoms with Gasteiger partial charge in [0.05, 0.1) is 24.3 Å². The highest BCUT2D eigenvalue weighted by Gasteiger charge is 2.26. The molecule has 12 heteroatoms. The highest BCUT2D eigenvalue weighted by molar-refractivity contribution is 5.91. The Morgan fingerprint density at radius 3 is 1.37 bits per heavy atom. The van der Waals surface area contributed by atoms with E-state index >= 15 is 0 Å². The Bertz CT molecular complexity index is 1620. The van der Waals surface area contributed by atoms with Crippen molar-refractivity contribution in [3.63, 3.8) is 0 Å². The molecule has 0 heterocycles. The molecule has 0 amide bonds. The van der Waals surface area contributed by atoms with Crippen LogP contribution < -0.4 is 0 Å². The third-order valence-electron chi connectivity index (χ3n) is 7.53. The summed E-state index contributed by atoms with van der Waals surface area (Å²) < 4.78 is 11.0. The average Bonchev–Trinajstić information content (AvgIpc) is 3.03. The molecule has 0 aliphatic rings. The van der Waals surface area contributed by atoms with Crippen molar-refractivity contribution < 1.29 is 59.9 Å². The smallest absolute Gasteiger partial charge is 0.338 e. The van der Waals surface area contributed by atoms with Crippen LogP contribution in [0, 0.1) is 11.8 Å². The average molecular weight is 635 g/mol. The zero-order chi connectivity index (χ0) is 33.4. The molecule has 0 bridgehead atoms. The van der Waals surface area contributed by atoms with Gasteiger partial charge in [-0.15, -0.1) is 0 Å². The number of phenols is 8. The van der Waals surface area contributed by atoms with Gasteiger partial charge in [0, 0.05) is 5.92 Å². The van der Waals surface area contributed by atoms with E-state index in [1.165, 1.54) is 12.1 Å². The van der Waals surface area contributed by atoms with Gasteiger partial charge >= 0.3 is 11.9 Å². The second-order valence-corrected chi connectivity index (χ2v) is 10.9. The molecular weight excluding hydrogens is 600 g/mol. The monoisotopic (exact) mass is 634 g/mol. The first kappa shape index (κ1) is 33.1. The van der Waals surface area contributed by atoms with Crippen molar-refractivity contribution in [2.45, 2.75) is 25.7 Å². The molecule has 0 aromatic heterocycles. The predicted octanol–water partition coefficient (Wildman–Crippen LogP) is 4.84. The number of rotatable bonds is 13. The summed E-state index contributed by atoms with van der Waals surface area (Å²) in [5, 5.41) is 77.8. The highest BCUT2D eigenvalue weighted by Crippen LogP contribution is 2.37. The lowest BCUT2D eigenvalue weighted by molar-refractivity contribution is 0.0361. The normalized spacial score (nSPS) is 12.3. The highest BCUT2D eigenvalue weighted by atomic mass is 16.5. The summed E-state index contributed by atoms with van der Waals surface area (Å²) in [5.74, 6) is -6.27. The molecule has 4 rings (SSSR count). The fourth-order valence-electron chi connectivity index (χ4n) is 5.04. The number of benzene rings is 4. The van der Waals surface area contributed by atoms with E-state index in [0.717, 1.165) is 35.4 Å². The van der Waals surface area contributed by atoms with E-state index in [1.807, 2.05) is 0 Å². The van der Waals surface area contributed by atoms with Crippen molar-refractivity contribution in [1.29, 1.82) is 0 Å². The van der Waals surface area contributed by atoms with E-state index in [1.54, 1.807) is 36.4 Å². The van der Waals surface area contributed by atoms with Gasteiger partial charge < -0.3 is 50.3 Å². The van der Waals surface area contributed by atoms with Gasteiger partial charge in [-0.25, -0.2) is 9.59 Å². The molecule has 0 saturated heterocycles.